The highest BCUT2D eigenvalue weighted by molar-refractivity contribution is 5.98. The molecule has 0 bridgehead atoms. The topological polar surface area (TPSA) is 103 Å². The number of hydroxylamine groups is 1. The molecule has 2 amide bonds. The van der Waals surface area contributed by atoms with E-state index in [0.717, 1.165) is 35.2 Å². The van der Waals surface area contributed by atoms with E-state index in [1.54, 1.807) is 23.1 Å². The number of hydrogen-bond donors (Lipinski definition) is 1. The quantitative estimate of drug-likeness (QED) is 0.183. The zero-order valence-corrected chi connectivity index (χ0v) is 24.2. The number of carbonyl (C=O) groups excluding carboxylic acids is 3. The van der Waals surface area contributed by atoms with Crippen molar-refractivity contribution in [3.63, 3.8) is 0 Å². The zero-order chi connectivity index (χ0) is 30.7. The number of carbonyl (C=O) groups is 2. The van der Waals surface area contributed by atoms with Crippen LogP contribution in [0.1, 0.15) is 45.5 Å². The SMILES string of the molecule is N#Cc1ccc(CCC(=O)N2CCCc3cc(C(=O)NCC(=C=O)N(OCc4ccccc4)c4ccccc4)ccc32)cc1. The van der Waals surface area contributed by atoms with Crippen LogP contribution in [0.2, 0.25) is 0 Å². The van der Waals surface area contributed by atoms with Gasteiger partial charge in [-0.1, -0.05) is 60.7 Å². The molecule has 1 aliphatic heterocycles. The highest BCUT2D eigenvalue weighted by Crippen LogP contribution is 2.29. The van der Waals surface area contributed by atoms with Crippen LogP contribution in [0.4, 0.5) is 11.4 Å². The summed E-state index contributed by atoms with van der Waals surface area (Å²) >= 11 is 0. The first-order chi connectivity index (χ1) is 21.6. The number of anilines is 2. The molecule has 0 aliphatic carbocycles. The van der Waals surface area contributed by atoms with E-state index >= 15 is 0 Å². The summed E-state index contributed by atoms with van der Waals surface area (Å²) in [7, 11) is 0. The molecular formula is C36H32N4O4. The minimum Gasteiger partial charge on any atom is -0.346 e. The standard InChI is InChI=1S/C36H32N4O4/c37-23-28-15-13-27(14-16-28)17-20-35(42)39-21-7-10-30-22-31(18-19-34(30)39)36(43)38-24-33(25-41)40(32-11-5-2-6-12-32)44-26-29-8-3-1-4-9-29/h1-6,8-9,11-16,18-19,22H,7,10,17,20-21,24,26H2,(H,38,43). The van der Waals surface area contributed by atoms with Gasteiger partial charge in [0.1, 0.15) is 12.3 Å². The normalized spacial score (nSPS) is 11.9. The van der Waals surface area contributed by atoms with E-state index in [2.05, 4.69) is 11.4 Å². The second-order valence-electron chi connectivity index (χ2n) is 10.4. The molecule has 1 N–H and O–H groups in total. The number of rotatable bonds is 11. The van der Waals surface area contributed by atoms with Crippen molar-refractivity contribution in [2.45, 2.75) is 32.3 Å². The van der Waals surface area contributed by atoms with Gasteiger partial charge in [0.25, 0.3) is 5.91 Å². The summed E-state index contributed by atoms with van der Waals surface area (Å²) in [4.78, 5) is 46.2. The van der Waals surface area contributed by atoms with Gasteiger partial charge in [-0.15, -0.1) is 0 Å². The lowest BCUT2D eigenvalue weighted by atomic mass is 9.98. The maximum atomic E-state index is 13.2. The van der Waals surface area contributed by atoms with E-state index in [9.17, 15) is 14.4 Å². The van der Waals surface area contributed by atoms with Crippen LogP contribution in [0.25, 0.3) is 0 Å². The third-order valence-electron chi connectivity index (χ3n) is 7.45. The Hall–Kier alpha value is -5.48. The molecule has 1 aliphatic rings. The largest absolute Gasteiger partial charge is 0.346 e. The van der Waals surface area contributed by atoms with E-state index in [1.165, 1.54) is 5.06 Å². The van der Waals surface area contributed by atoms with E-state index < -0.39 is 0 Å². The number of nitrogens with one attached hydrogen (secondary N) is 1. The molecule has 5 rings (SSSR count). The fraction of sp³-hybridized carbons (Fsp3) is 0.194. The smallest absolute Gasteiger partial charge is 0.251 e. The Kier molecular flexibility index (Phi) is 9.96. The van der Waals surface area contributed by atoms with Crippen molar-refractivity contribution >= 4 is 29.1 Å². The average Bonchev–Trinajstić information content (AvgIpc) is 3.09. The lowest BCUT2D eigenvalue weighted by molar-refractivity contribution is -0.118. The van der Waals surface area contributed by atoms with Crippen LogP contribution >= 0.6 is 0 Å². The predicted octanol–water partition coefficient (Wildman–Crippen LogP) is 5.55. The maximum absolute atomic E-state index is 13.2. The first kappa shape index (κ1) is 30.0. The Morgan fingerprint density at radius 1 is 0.909 bits per heavy atom. The van der Waals surface area contributed by atoms with Crippen LogP contribution in [-0.4, -0.2) is 30.8 Å². The fourth-order valence-corrected chi connectivity index (χ4v) is 5.13. The molecule has 220 valence electrons. The van der Waals surface area contributed by atoms with Crippen molar-refractivity contribution in [3.05, 3.63) is 137 Å². The molecular weight excluding hydrogens is 552 g/mol. The van der Waals surface area contributed by atoms with Crippen molar-refractivity contribution in [1.82, 2.24) is 5.32 Å². The Labute approximate surface area is 256 Å². The zero-order valence-electron chi connectivity index (χ0n) is 24.2. The molecule has 1 heterocycles. The summed E-state index contributed by atoms with van der Waals surface area (Å²) in [6.07, 6.45) is 2.48. The molecule has 0 spiro atoms. The molecule has 0 radical (unpaired) electrons. The van der Waals surface area contributed by atoms with Crippen molar-refractivity contribution < 1.29 is 19.2 Å². The predicted molar refractivity (Wildman–Crippen MR) is 168 cm³/mol. The second-order valence-corrected chi connectivity index (χ2v) is 10.4. The summed E-state index contributed by atoms with van der Waals surface area (Å²) in [6, 6.07) is 33.5. The van der Waals surface area contributed by atoms with E-state index in [-0.39, 0.29) is 30.7 Å². The van der Waals surface area contributed by atoms with Gasteiger partial charge in [-0.05, 0) is 78.4 Å². The van der Waals surface area contributed by atoms with Gasteiger partial charge in [0, 0.05) is 24.2 Å². The van der Waals surface area contributed by atoms with Crippen molar-refractivity contribution in [2.24, 2.45) is 0 Å². The number of aryl methyl sites for hydroxylation is 2. The summed E-state index contributed by atoms with van der Waals surface area (Å²) in [5.41, 5.74) is 5.46. The van der Waals surface area contributed by atoms with Gasteiger partial charge < -0.3 is 10.2 Å². The third-order valence-corrected chi connectivity index (χ3v) is 7.45. The maximum Gasteiger partial charge on any atom is 0.251 e. The molecule has 8 heteroatoms. The number of benzene rings is 4. The van der Waals surface area contributed by atoms with Gasteiger partial charge >= 0.3 is 0 Å². The molecule has 4 aromatic rings. The first-order valence-electron chi connectivity index (χ1n) is 14.5. The molecule has 0 aromatic heterocycles. The monoisotopic (exact) mass is 584 g/mol. The molecule has 0 saturated heterocycles. The van der Waals surface area contributed by atoms with E-state index in [1.807, 2.05) is 90.9 Å². The number of nitriles is 1. The molecule has 0 fully saturated rings. The van der Waals surface area contributed by atoms with Gasteiger partial charge in [-0.25, -0.2) is 9.86 Å². The Bertz CT molecular complexity index is 1690. The minimum atomic E-state index is -0.346. The first-order valence-corrected chi connectivity index (χ1v) is 14.5. The molecule has 0 unspecified atom stereocenters. The second kappa shape index (κ2) is 14.6. The van der Waals surface area contributed by atoms with Crippen LogP contribution in [-0.2, 0) is 33.9 Å². The fourth-order valence-electron chi connectivity index (χ4n) is 5.13. The van der Waals surface area contributed by atoms with Crippen LogP contribution in [0.15, 0.2) is 109 Å². The summed E-state index contributed by atoms with van der Waals surface area (Å²) < 4.78 is 0. The average molecular weight is 585 g/mol. The lowest BCUT2D eigenvalue weighted by Crippen LogP contribution is -2.36. The lowest BCUT2D eigenvalue weighted by Gasteiger charge is -2.30. The highest BCUT2D eigenvalue weighted by Gasteiger charge is 2.24. The minimum absolute atomic E-state index is 0.0183. The van der Waals surface area contributed by atoms with Gasteiger partial charge in [-0.3, -0.25) is 14.4 Å². The number of amides is 2. The third kappa shape index (κ3) is 7.47. The number of hydrogen-bond acceptors (Lipinski definition) is 6. The van der Waals surface area contributed by atoms with Crippen molar-refractivity contribution in [1.29, 1.82) is 5.26 Å². The highest BCUT2D eigenvalue weighted by atomic mass is 16.7. The van der Waals surface area contributed by atoms with E-state index in [4.69, 9.17) is 10.1 Å². The Balaban J connectivity index is 1.23. The van der Waals surface area contributed by atoms with Gasteiger partial charge in [0.2, 0.25) is 5.91 Å². The van der Waals surface area contributed by atoms with Crippen LogP contribution < -0.4 is 15.3 Å². The van der Waals surface area contributed by atoms with Crippen molar-refractivity contribution in [2.75, 3.05) is 23.1 Å². The molecule has 0 atom stereocenters. The van der Waals surface area contributed by atoms with Gasteiger partial charge in [-0.2, -0.15) is 5.26 Å². The van der Waals surface area contributed by atoms with E-state index in [0.29, 0.717) is 36.2 Å². The van der Waals surface area contributed by atoms with Crippen LogP contribution in [0, 0.1) is 11.3 Å². The van der Waals surface area contributed by atoms with Crippen molar-refractivity contribution in [3.8, 4) is 6.07 Å². The number of para-hydroxylation sites is 1. The van der Waals surface area contributed by atoms with Gasteiger partial charge in [0.05, 0.1) is 23.9 Å². The van der Waals surface area contributed by atoms with Gasteiger partial charge in [0.15, 0.2) is 5.94 Å². The molecule has 44 heavy (non-hydrogen) atoms. The summed E-state index contributed by atoms with van der Waals surface area (Å²) in [5.74, 6) is 1.61. The molecule has 8 nitrogen and oxygen atoms in total. The molecule has 0 saturated carbocycles. The van der Waals surface area contributed by atoms with Crippen LogP contribution in [0.5, 0.6) is 0 Å². The Morgan fingerprint density at radius 3 is 2.34 bits per heavy atom. The summed E-state index contributed by atoms with van der Waals surface area (Å²) in [6.45, 7) is 0.752. The summed E-state index contributed by atoms with van der Waals surface area (Å²) in [5, 5.41) is 13.2. The number of fused-ring (bicyclic) bond motifs is 1. The Morgan fingerprint density at radius 2 is 1.64 bits per heavy atom. The number of nitrogens with zero attached hydrogens (tertiary/aromatic N) is 3. The molecule has 4 aromatic carbocycles. The van der Waals surface area contributed by atoms with Crippen LogP contribution in [0.3, 0.4) is 0 Å².